The number of carbonyl (C=O) groups excluding carboxylic acids is 3. The van der Waals surface area contributed by atoms with Crippen LogP contribution in [0, 0.1) is 0 Å². The Labute approximate surface area is 168 Å². The zero-order chi connectivity index (χ0) is 19.9. The highest BCUT2D eigenvalue weighted by atomic mass is 32.1. The van der Waals surface area contributed by atoms with Crippen molar-refractivity contribution in [1.29, 1.82) is 0 Å². The molecular formula is C20H24N4O3S. The molecule has 7 nitrogen and oxygen atoms in total. The summed E-state index contributed by atoms with van der Waals surface area (Å²) in [6.45, 7) is 3.12. The number of amides is 4. The molecule has 0 spiro atoms. The smallest absolute Gasteiger partial charge is 0.319 e. The summed E-state index contributed by atoms with van der Waals surface area (Å²) in [6, 6.07) is 12.8. The number of nitrogens with one attached hydrogen (secondary N) is 3. The van der Waals surface area contributed by atoms with Crippen LogP contribution < -0.4 is 16.0 Å². The molecule has 3 N–H and O–H groups in total. The first-order valence-electron chi connectivity index (χ1n) is 9.26. The van der Waals surface area contributed by atoms with Gasteiger partial charge >= 0.3 is 6.03 Å². The lowest BCUT2D eigenvalue weighted by atomic mass is 10.1. The third kappa shape index (κ3) is 5.56. The van der Waals surface area contributed by atoms with Crippen molar-refractivity contribution in [2.75, 3.05) is 18.4 Å². The highest BCUT2D eigenvalue weighted by Gasteiger charge is 2.25. The van der Waals surface area contributed by atoms with Gasteiger partial charge in [0.25, 0.3) is 5.91 Å². The second kappa shape index (κ2) is 9.36. The Morgan fingerprint density at radius 3 is 2.46 bits per heavy atom. The molecule has 0 aliphatic carbocycles. The molecule has 1 aromatic carbocycles. The van der Waals surface area contributed by atoms with Crippen LogP contribution in [0.3, 0.4) is 0 Å². The Balaban J connectivity index is 1.45. The van der Waals surface area contributed by atoms with E-state index in [0.717, 1.165) is 23.4 Å². The lowest BCUT2D eigenvalue weighted by Crippen LogP contribution is -2.47. The van der Waals surface area contributed by atoms with Gasteiger partial charge in [-0.05, 0) is 37.1 Å². The van der Waals surface area contributed by atoms with Crippen molar-refractivity contribution >= 4 is 34.9 Å². The molecule has 0 unspecified atom stereocenters. The van der Waals surface area contributed by atoms with Gasteiger partial charge in [-0.1, -0.05) is 18.2 Å². The summed E-state index contributed by atoms with van der Waals surface area (Å²) in [5.41, 5.74) is 0.750. The molecule has 148 valence electrons. The molecule has 1 aliphatic rings. The SMILES string of the molecule is CC(=O)NCc1ccc(C(=O)N2CCC(NC(=O)Nc3ccccc3)CC2)s1. The summed E-state index contributed by atoms with van der Waals surface area (Å²) in [6.07, 6.45) is 1.44. The van der Waals surface area contributed by atoms with Crippen LogP contribution in [0.4, 0.5) is 10.5 Å². The summed E-state index contributed by atoms with van der Waals surface area (Å²) >= 11 is 1.40. The van der Waals surface area contributed by atoms with E-state index < -0.39 is 0 Å². The minimum absolute atomic E-state index is 0.00580. The molecule has 0 bridgehead atoms. The first kappa shape index (κ1) is 19.9. The average molecular weight is 401 g/mol. The highest BCUT2D eigenvalue weighted by Crippen LogP contribution is 2.21. The third-order valence-electron chi connectivity index (χ3n) is 4.53. The average Bonchev–Trinajstić information content (AvgIpc) is 3.16. The summed E-state index contributed by atoms with van der Waals surface area (Å²) in [5, 5.41) is 8.52. The number of rotatable bonds is 5. The van der Waals surface area contributed by atoms with Crippen molar-refractivity contribution in [3.05, 3.63) is 52.2 Å². The van der Waals surface area contributed by atoms with Crippen LogP contribution in [-0.4, -0.2) is 41.9 Å². The molecule has 8 heteroatoms. The largest absolute Gasteiger partial charge is 0.351 e. The molecule has 2 heterocycles. The summed E-state index contributed by atoms with van der Waals surface area (Å²) in [4.78, 5) is 39.2. The number of likely N-dealkylation sites (tertiary alicyclic amines) is 1. The lowest BCUT2D eigenvalue weighted by Gasteiger charge is -2.32. The molecule has 0 atom stereocenters. The molecule has 4 amide bonds. The molecule has 1 aromatic heterocycles. The highest BCUT2D eigenvalue weighted by molar-refractivity contribution is 7.14. The standard InChI is InChI=1S/C20H24N4O3S/c1-14(25)21-13-17-7-8-18(28-17)19(26)24-11-9-16(10-12-24)23-20(27)22-15-5-3-2-4-6-15/h2-8,16H,9-13H2,1H3,(H,21,25)(H2,22,23,27). The van der Waals surface area contributed by atoms with Crippen LogP contribution >= 0.6 is 11.3 Å². The van der Waals surface area contributed by atoms with E-state index in [-0.39, 0.29) is 23.9 Å². The lowest BCUT2D eigenvalue weighted by molar-refractivity contribution is -0.119. The Kier molecular flexibility index (Phi) is 6.65. The van der Waals surface area contributed by atoms with Crippen molar-refractivity contribution in [2.45, 2.75) is 32.4 Å². The van der Waals surface area contributed by atoms with Crippen LogP contribution in [0.25, 0.3) is 0 Å². The van der Waals surface area contributed by atoms with Crippen molar-refractivity contribution in [3.8, 4) is 0 Å². The zero-order valence-electron chi connectivity index (χ0n) is 15.7. The van der Waals surface area contributed by atoms with Gasteiger partial charge in [0.05, 0.1) is 11.4 Å². The van der Waals surface area contributed by atoms with E-state index in [1.807, 2.05) is 47.4 Å². The second-order valence-corrected chi connectivity index (χ2v) is 7.87. The van der Waals surface area contributed by atoms with Gasteiger partial charge in [0, 0.05) is 36.6 Å². The minimum atomic E-state index is -0.225. The van der Waals surface area contributed by atoms with Crippen molar-refractivity contribution < 1.29 is 14.4 Å². The van der Waals surface area contributed by atoms with Crippen molar-refractivity contribution in [3.63, 3.8) is 0 Å². The number of carbonyl (C=O) groups is 3. The number of hydrogen-bond acceptors (Lipinski definition) is 4. The van der Waals surface area contributed by atoms with Crippen LogP contribution in [0.2, 0.25) is 0 Å². The topological polar surface area (TPSA) is 90.5 Å². The molecule has 1 saturated heterocycles. The van der Waals surface area contributed by atoms with E-state index in [1.54, 1.807) is 0 Å². The summed E-state index contributed by atoms with van der Waals surface area (Å²) < 4.78 is 0. The fourth-order valence-electron chi connectivity index (χ4n) is 3.06. The Hall–Kier alpha value is -2.87. The second-order valence-electron chi connectivity index (χ2n) is 6.71. The fraction of sp³-hybridized carbons (Fsp3) is 0.350. The predicted octanol–water partition coefficient (Wildman–Crippen LogP) is 2.81. The Morgan fingerprint density at radius 2 is 1.79 bits per heavy atom. The van der Waals surface area contributed by atoms with E-state index >= 15 is 0 Å². The van der Waals surface area contributed by atoms with Crippen LogP contribution in [0.5, 0.6) is 0 Å². The number of piperidine rings is 1. The van der Waals surface area contributed by atoms with E-state index in [2.05, 4.69) is 16.0 Å². The van der Waals surface area contributed by atoms with E-state index in [0.29, 0.717) is 24.5 Å². The summed E-state index contributed by atoms with van der Waals surface area (Å²) in [7, 11) is 0. The zero-order valence-corrected chi connectivity index (χ0v) is 16.6. The maximum Gasteiger partial charge on any atom is 0.319 e. The number of urea groups is 1. The minimum Gasteiger partial charge on any atom is -0.351 e. The molecule has 1 aliphatic heterocycles. The maximum absolute atomic E-state index is 12.7. The number of nitrogens with zero attached hydrogens (tertiary/aromatic N) is 1. The number of thiophene rings is 1. The van der Waals surface area contributed by atoms with Gasteiger partial charge in [0.2, 0.25) is 5.91 Å². The van der Waals surface area contributed by atoms with Crippen LogP contribution in [0.15, 0.2) is 42.5 Å². The molecule has 2 aromatic rings. The Morgan fingerprint density at radius 1 is 1.07 bits per heavy atom. The van der Waals surface area contributed by atoms with Gasteiger partial charge in [0.15, 0.2) is 0 Å². The first-order chi connectivity index (χ1) is 13.5. The van der Waals surface area contributed by atoms with Gasteiger partial charge in [0.1, 0.15) is 0 Å². The molecule has 28 heavy (non-hydrogen) atoms. The number of hydrogen-bond donors (Lipinski definition) is 3. The quantitative estimate of drug-likeness (QED) is 0.721. The van der Waals surface area contributed by atoms with Gasteiger partial charge in [-0.15, -0.1) is 11.3 Å². The van der Waals surface area contributed by atoms with Crippen molar-refractivity contribution in [1.82, 2.24) is 15.5 Å². The number of benzene rings is 1. The van der Waals surface area contributed by atoms with Crippen molar-refractivity contribution in [2.24, 2.45) is 0 Å². The molecule has 1 fully saturated rings. The van der Waals surface area contributed by atoms with Gasteiger partial charge in [-0.25, -0.2) is 4.79 Å². The molecule has 3 rings (SSSR count). The Bertz CT molecular complexity index is 829. The third-order valence-corrected chi connectivity index (χ3v) is 5.61. The fourth-order valence-corrected chi connectivity index (χ4v) is 3.97. The van der Waals surface area contributed by atoms with Gasteiger partial charge in [-0.2, -0.15) is 0 Å². The normalized spacial score (nSPS) is 14.4. The summed E-state index contributed by atoms with van der Waals surface area (Å²) in [5.74, 6) is -0.0848. The molecule has 0 radical (unpaired) electrons. The first-order valence-corrected chi connectivity index (χ1v) is 10.1. The van der Waals surface area contributed by atoms with E-state index in [1.165, 1.54) is 18.3 Å². The van der Waals surface area contributed by atoms with E-state index in [9.17, 15) is 14.4 Å². The van der Waals surface area contributed by atoms with Gasteiger partial charge in [-0.3, -0.25) is 9.59 Å². The number of anilines is 1. The maximum atomic E-state index is 12.7. The monoisotopic (exact) mass is 400 g/mol. The molecule has 0 saturated carbocycles. The van der Waals surface area contributed by atoms with Crippen LogP contribution in [0.1, 0.15) is 34.3 Å². The van der Waals surface area contributed by atoms with Gasteiger partial charge < -0.3 is 20.9 Å². The number of para-hydroxylation sites is 1. The predicted molar refractivity (Wildman–Crippen MR) is 109 cm³/mol. The van der Waals surface area contributed by atoms with E-state index in [4.69, 9.17) is 0 Å². The molecular weight excluding hydrogens is 376 g/mol. The van der Waals surface area contributed by atoms with Crippen LogP contribution in [-0.2, 0) is 11.3 Å².